The lowest BCUT2D eigenvalue weighted by atomic mass is 10.2. The smallest absolute Gasteiger partial charge is 0.142 e. The van der Waals surface area contributed by atoms with Crippen LogP contribution in [-0.4, -0.2) is 26.3 Å². The molecule has 0 radical (unpaired) electrons. The molecule has 0 fully saturated rings. The van der Waals surface area contributed by atoms with Gasteiger partial charge in [-0.15, -0.1) is 0 Å². The van der Waals surface area contributed by atoms with E-state index in [1.807, 2.05) is 6.07 Å². The van der Waals surface area contributed by atoms with Gasteiger partial charge in [0, 0.05) is 13.1 Å². The average molecular weight is 326 g/mol. The second kappa shape index (κ2) is 7.95. The number of rotatable bonds is 0. The first-order chi connectivity index (χ1) is 11.7. The van der Waals surface area contributed by atoms with Crippen molar-refractivity contribution in [1.82, 2.24) is 0 Å². The van der Waals surface area contributed by atoms with Crippen molar-refractivity contribution in [1.29, 1.82) is 0 Å². The van der Waals surface area contributed by atoms with Gasteiger partial charge in [0.1, 0.15) is 11.5 Å². The molecule has 0 saturated carbocycles. The predicted octanol–water partition coefficient (Wildman–Crippen LogP) is 4.38. The molecular weight excluding hydrogens is 300 g/mol. The fourth-order valence-corrected chi connectivity index (χ4v) is 2.76. The number of aryl methyl sites for hydroxylation is 2. The second-order valence-corrected chi connectivity index (χ2v) is 6.26. The molecule has 128 valence electrons. The average Bonchev–Trinajstić information content (AvgIpc) is 2.94. The normalized spacial score (nSPS) is 15.4. The minimum Gasteiger partial charge on any atom is -0.491 e. The van der Waals surface area contributed by atoms with E-state index in [2.05, 4.69) is 54.8 Å². The van der Waals surface area contributed by atoms with Crippen LogP contribution in [0, 0.1) is 13.8 Å². The summed E-state index contributed by atoms with van der Waals surface area (Å²) in [4.78, 5) is 0. The van der Waals surface area contributed by atoms with Crippen LogP contribution in [0.5, 0.6) is 11.5 Å². The largest absolute Gasteiger partial charge is 0.491 e. The lowest BCUT2D eigenvalue weighted by molar-refractivity contribution is 0.322. The van der Waals surface area contributed by atoms with Gasteiger partial charge < -0.3 is 20.1 Å². The van der Waals surface area contributed by atoms with Gasteiger partial charge in [0.05, 0.1) is 24.6 Å². The quantitative estimate of drug-likeness (QED) is 0.754. The Kier molecular flexibility index (Phi) is 5.47. The van der Waals surface area contributed by atoms with Gasteiger partial charge in [-0.1, -0.05) is 12.1 Å². The molecule has 0 saturated heterocycles. The Balaban J connectivity index is 0.000000141. The summed E-state index contributed by atoms with van der Waals surface area (Å²) < 4.78 is 11.1. The van der Waals surface area contributed by atoms with Crippen molar-refractivity contribution in [2.75, 3.05) is 36.9 Å². The maximum atomic E-state index is 5.57. The molecule has 4 rings (SSSR count). The number of benzene rings is 2. The third kappa shape index (κ3) is 4.34. The topological polar surface area (TPSA) is 42.5 Å². The Morgan fingerprint density at radius 1 is 0.708 bits per heavy atom. The van der Waals surface area contributed by atoms with Gasteiger partial charge in [-0.2, -0.15) is 0 Å². The molecule has 4 heteroatoms. The summed E-state index contributed by atoms with van der Waals surface area (Å²) in [6.07, 6.45) is 2.15. The van der Waals surface area contributed by atoms with Crippen LogP contribution < -0.4 is 20.1 Å². The van der Waals surface area contributed by atoms with E-state index in [1.54, 1.807) is 0 Å². The van der Waals surface area contributed by atoms with E-state index >= 15 is 0 Å². The van der Waals surface area contributed by atoms with Crippen LogP contribution in [0.1, 0.15) is 24.0 Å². The van der Waals surface area contributed by atoms with Crippen LogP contribution in [0.2, 0.25) is 0 Å². The molecule has 2 aromatic carbocycles. The van der Waals surface area contributed by atoms with Gasteiger partial charge in [-0.3, -0.25) is 0 Å². The molecule has 2 aromatic rings. The van der Waals surface area contributed by atoms with Crippen LogP contribution in [0.4, 0.5) is 11.4 Å². The van der Waals surface area contributed by atoms with Gasteiger partial charge in [-0.05, 0) is 62.1 Å². The van der Waals surface area contributed by atoms with Gasteiger partial charge in [0.2, 0.25) is 0 Å². The van der Waals surface area contributed by atoms with Crippen molar-refractivity contribution in [2.45, 2.75) is 26.7 Å². The zero-order valence-electron chi connectivity index (χ0n) is 14.5. The standard InChI is InChI=1S/2C10H13NO/c1-8-3-4-10-9(7-8)11-5-2-6-12-10;1-8-3-4-9-10(7-8)12-6-2-5-11-9/h2*3-4,7,11H,2,5-6H2,1H3. The minimum atomic E-state index is 0.822. The van der Waals surface area contributed by atoms with Crippen molar-refractivity contribution in [3.05, 3.63) is 47.5 Å². The number of anilines is 2. The van der Waals surface area contributed by atoms with Crippen LogP contribution in [0.3, 0.4) is 0 Å². The molecule has 0 aromatic heterocycles. The highest BCUT2D eigenvalue weighted by Gasteiger charge is 2.07. The summed E-state index contributed by atoms with van der Waals surface area (Å²) >= 11 is 0. The first-order valence-corrected chi connectivity index (χ1v) is 8.67. The molecule has 2 heterocycles. The zero-order chi connectivity index (χ0) is 16.8. The third-order valence-electron chi connectivity index (χ3n) is 4.06. The van der Waals surface area contributed by atoms with E-state index in [4.69, 9.17) is 9.47 Å². The lowest BCUT2D eigenvalue weighted by Gasteiger charge is -2.07. The Hall–Kier alpha value is -2.36. The molecule has 0 bridgehead atoms. The summed E-state index contributed by atoms with van der Waals surface area (Å²) in [7, 11) is 0. The fourth-order valence-electron chi connectivity index (χ4n) is 2.76. The van der Waals surface area contributed by atoms with Gasteiger partial charge in [0.25, 0.3) is 0 Å². The summed E-state index contributed by atoms with van der Waals surface area (Å²) in [5.41, 5.74) is 4.77. The Morgan fingerprint density at radius 3 is 2.12 bits per heavy atom. The Labute approximate surface area is 144 Å². The van der Waals surface area contributed by atoms with Crippen LogP contribution in [-0.2, 0) is 0 Å². The second-order valence-electron chi connectivity index (χ2n) is 6.26. The third-order valence-corrected chi connectivity index (χ3v) is 4.06. The van der Waals surface area contributed by atoms with E-state index in [-0.39, 0.29) is 0 Å². The molecular formula is C20H26N2O2. The molecule has 2 aliphatic heterocycles. The van der Waals surface area contributed by atoms with E-state index < -0.39 is 0 Å². The van der Waals surface area contributed by atoms with E-state index in [9.17, 15) is 0 Å². The predicted molar refractivity (Wildman–Crippen MR) is 99.6 cm³/mol. The maximum absolute atomic E-state index is 5.57. The molecule has 0 aliphatic carbocycles. The van der Waals surface area contributed by atoms with Crippen LogP contribution in [0.25, 0.3) is 0 Å². The number of hydrogen-bond donors (Lipinski definition) is 2. The van der Waals surface area contributed by atoms with Crippen molar-refractivity contribution in [2.24, 2.45) is 0 Å². The van der Waals surface area contributed by atoms with Crippen molar-refractivity contribution in [3.63, 3.8) is 0 Å². The summed E-state index contributed by atoms with van der Waals surface area (Å²) in [6.45, 7) is 7.83. The Morgan fingerprint density at radius 2 is 1.33 bits per heavy atom. The summed E-state index contributed by atoms with van der Waals surface area (Å²) in [5.74, 6) is 1.98. The SMILES string of the molecule is Cc1ccc2c(c1)NCCCO2.Cc1ccc2c(c1)OCCCN2. The summed E-state index contributed by atoms with van der Waals surface area (Å²) in [5, 5.41) is 6.67. The van der Waals surface area contributed by atoms with Gasteiger partial charge in [0.15, 0.2) is 0 Å². The first-order valence-electron chi connectivity index (χ1n) is 8.67. The highest BCUT2D eigenvalue weighted by molar-refractivity contribution is 5.59. The molecule has 0 unspecified atom stereocenters. The number of nitrogens with one attached hydrogen (secondary N) is 2. The Bertz CT molecular complexity index is 626. The van der Waals surface area contributed by atoms with Gasteiger partial charge >= 0.3 is 0 Å². The number of hydrogen-bond acceptors (Lipinski definition) is 4. The van der Waals surface area contributed by atoms with Crippen molar-refractivity contribution < 1.29 is 9.47 Å². The van der Waals surface area contributed by atoms with E-state index in [1.165, 1.54) is 11.1 Å². The molecule has 2 N–H and O–H groups in total. The maximum Gasteiger partial charge on any atom is 0.142 e. The van der Waals surface area contributed by atoms with Gasteiger partial charge in [-0.25, -0.2) is 0 Å². The summed E-state index contributed by atoms with van der Waals surface area (Å²) in [6, 6.07) is 12.5. The minimum absolute atomic E-state index is 0.822. The number of ether oxygens (including phenoxy) is 2. The highest BCUT2D eigenvalue weighted by atomic mass is 16.5. The molecule has 2 aliphatic rings. The van der Waals surface area contributed by atoms with E-state index in [0.717, 1.165) is 62.0 Å². The highest BCUT2D eigenvalue weighted by Crippen LogP contribution is 2.28. The van der Waals surface area contributed by atoms with Crippen molar-refractivity contribution in [3.8, 4) is 11.5 Å². The fraction of sp³-hybridized carbons (Fsp3) is 0.400. The lowest BCUT2D eigenvalue weighted by Crippen LogP contribution is -2.00. The zero-order valence-corrected chi connectivity index (χ0v) is 14.5. The van der Waals surface area contributed by atoms with Crippen LogP contribution >= 0.6 is 0 Å². The number of fused-ring (bicyclic) bond motifs is 2. The molecule has 0 spiro atoms. The van der Waals surface area contributed by atoms with E-state index in [0.29, 0.717) is 0 Å². The first kappa shape index (κ1) is 16.5. The monoisotopic (exact) mass is 326 g/mol. The molecule has 0 atom stereocenters. The van der Waals surface area contributed by atoms with Crippen molar-refractivity contribution >= 4 is 11.4 Å². The molecule has 0 amide bonds. The van der Waals surface area contributed by atoms with Crippen LogP contribution in [0.15, 0.2) is 36.4 Å². The molecule has 4 nitrogen and oxygen atoms in total. The molecule has 24 heavy (non-hydrogen) atoms.